The summed E-state index contributed by atoms with van der Waals surface area (Å²) in [4.78, 5) is 12.6. The van der Waals surface area contributed by atoms with E-state index >= 15 is 0 Å². The van der Waals surface area contributed by atoms with Gasteiger partial charge in [0.15, 0.2) is 17.5 Å². The predicted molar refractivity (Wildman–Crippen MR) is 74.9 cm³/mol. The molecular weight excluding hydrogens is 263 g/mol. The molecule has 2 aromatic heterocycles. The molecule has 6 heteroatoms. The highest BCUT2D eigenvalue weighted by molar-refractivity contribution is 7.18. The number of hydrogen-bond acceptors (Lipinski definition) is 5. The number of aromatic nitrogens is 3. The molecule has 0 bridgehead atoms. The molecule has 0 saturated heterocycles. The monoisotopic (exact) mass is 274 g/mol. The molecule has 0 aliphatic carbocycles. The highest BCUT2D eigenvalue weighted by Crippen LogP contribution is 2.26. The molecule has 3 aromatic rings. The Bertz CT molecular complexity index is 753. The van der Waals surface area contributed by atoms with E-state index in [1.807, 2.05) is 25.1 Å². The normalized spacial score (nSPS) is 10.9. The molecule has 0 aliphatic rings. The third kappa shape index (κ3) is 2.15. The van der Waals surface area contributed by atoms with Crippen molar-refractivity contribution >= 4 is 27.4 Å². The number of thiazole rings is 1. The van der Waals surface area contributed by atoms with Gasteiger partial charge in [0.2, 0.25) is 0 Å². The van der Waals surface area contributed by atoms with Crippen LogP contribution < -0.4 is 5.32 Å². The van der Waals surface area contributed by atoms with E-state index < -0.39 is 5.82 Å². The van der Waals surface area contributed by atoms with E-state index in [-0.39, 0.29) is 5.82 Å². The van der Waals surface area contributed by atoms with Gasteiger partial charge in [0.25, 0.3) is 0 Å². The van der Waals surface area contributed by atoms with Crippen LogP contribution in [-0.4, -0.2) is 22.0 Å². The van der Waals surface area contributed by atoms with E-state index in [0.717, 1.165) is 20.8 Å². The zero-order chi connectivity index (χ0) is 13.4. The summed E-state index contributed by atoms with van der Waals surface area (Å²) in [5, 5.41) is 3.72. The van der Waals surface area contributed by atoms with Gasteiger partial charge in [-0.25, -0.2) is 19.3 Å². The first-order chi connectivity index (χ1) is 9.17. The summed E-state index contributed by atoms with van der Waals surface area (Å²) in [5.41, 5.74) is 1.74. The summed E-state index contributed by atoms with van der Waals surface area (Å²) in [6, 6.07) is 5.83. The largest absolute Gasteiger partial charge is 0.371 e. The van der Waals surface area contributed by atoms with Crippen molar-refractivity contribution in [1.29, 1.82) is 0 Å². The van der Waals surface area contributed by atoms with E-state index in [0.29, 0.717) is 5.82 Å². The van der Waals surface area contributed by atoms with E-state index in [4.69, 9.17) is 0 Å². The Kier molecular flexibility index (Phi) is 2.87. The molecule has 3 rings (SSSR count). The molecule has 0 amide bonds. The van der Waals surface area contributed by atoms with Crippen molar-refractivity contribution in [3.05, 3.63) is 35.2 Å². The predicted octanol–water partition coefficient (Wildman–Crippen LogP) is 3.24. The van der Waals surface area contributed by atoms with Crippen LogP contribution in [0.15, 0.2) is 24.4 Å². The van der Waals surface area contributed by atoms with Gasteiger partial charge in [-0.05, 0) is 25.1 Å². The maximum Gasteiger partial charge on any atom is 0.183 e. The molecule has 96 valence electrons. The number of benzene rings is 1. The molecule has 1 N–H and O–H groups in total. The molecule has 0 atom stereocenters. The van der Waals surface area contributed by atoms with Gasteiger partial charge in [-0.15, -0.1) is 11.3 Å². The van der Waals surface area contributed by atoms with E-state index in [2.05, 4.69) is 20.3 Å². The molecule has 2 heterocycles. The fraction of sp³-hybridized carbons (Fsp3) is 0.154. The average Bonchev–Trinajstić information content (AvgIpc) is 2.78. The van der Waals surface area contributed by atoms with Crippen molar-refractivity contribution in [2.75, 3.05) is 12.4 Å². The number of aryl methyl sites for hydroxylation is 1. The Labute approximate surface area is 113 Å². The minimum Gasteiger partial charge on any atom is -0.371 e. The van der Waals surface area contributed by atoms with Gasteiger partial charge in [-0.2, -0.15) is 0 Å². The van der Waals surface area contributed by atoms with Crippen molar-refractivity contribution in [2.45, 2.75) is 6.92 Å². The van der Waals surface area contributed by atoms with Crippen LogP contribution in [0.5, 0.6) is 0 Å². The third-order valence-electron chi connectivity index (χ3n) is 2.73. The molecule has 0 spiro atoms. The summed E-state index contributed by atoms with van der Waals surface area (Å²) >= 11 is 1.64. The van der Waals surface area contributed by atoms with Gasteiger partial charge in [0.1, 0.15) is 0 Å². The molecule has 0 unspecified atom stereocenters. The Hall–Kier alpha value is -2.08. The molecule has 19 heavy (non-hydrogen) atoms. The van der Waals surface area contributed by atoms with E-state index in [1.165, 1.54) is 6.20 Å². The maximum atomic E-state index is 13.3. The van der Waals surface area contributed by atoms with Gasteiger partial charge >= 0.3 is 0 Å². The number of nitrogens with one attached hydrogen (secondary N) is 1. The lowest BCUT2D eigenvalue weighted by Gasteiger charge is -2.04. The molecule has 0 saturated carbocycles. The Morgan fingerprint density at radius 2 is 2.11 bits per heavy atom. The smallest absolute Gasteiger partial charge is 0.183 e. The summed E-state index contributed by atoms with van der Waals surface area (Å²) in [6.07, 6.45) is 1.17. The highest BCUT2D eigenvalue weighted by Gasteiger charge is 2.09. The number of halogens is 1. The molecule has 0 fully saturated rings. The minimum atomic E-state index is -0.461. The number of rotatable bonds is 2. The van der Waals surface area contributed by atoms with Crippen LogP contribution in [-0.2, 0) is 0 Å². The van der Waals surface area contributed by atoms with Crippen molar-refractivity contribution in [3.63, 3.8) is 0 Å². The van der Waals surface area contributed by atoms with Crippen molar-refractivity contribution in [3.8, 4) is 11.4 Å². The lowest BCUT2D eigenvalue weighted by atomic mass is 10.2. The van der Waals surface area contributed by atoms with Gasteiger partial charge in [0.05, 0.1) is 21.4 Å². The summed E-state index contributed by atoms with van der Waals surface area (Å²) in [5.74, 6) is 0.217. The molecule has 4 nitrogen and oxygen atoms in total. The summed E-state index contributed by atoms with van der Waals surface area (Å²) in [7, 11) is 1.63. The van der Waals surface area contributed by atoms with Crippen LogP contribution in [0, 0.1) is 12.7 Å². The van der Waals surface area contributed by atoms with Crippen molar-refractivity contribution in [2.24, 2.45) is 0 Å². The van der Waals surface area contributed by atoms with Crippen molar-refractivity contribution in [1.82, 2.24) is 15.0 Å². The van der Waals surface area contributed by atoms with Crippen LogP contribution >= 0.6 is 11.3 Å². The second kappa shape index (κ2) is 4.55. The zero-order valence-electron chi connectivity index (χ0n) is 10.4. The fourth-order valence-corrected chi connectivity index (χ4v) is 2.67. The lowest BCUT2D eigenvalue weighted by Crippen LogP contribution is -1.99. The van der Waals surface area contributed by atoms with Gasteiger partial charge in [-0.1, -0.05) is 0 Å². The van der Waals surface area contributed by atoms with E-state index in [9.17, 15) is 4.39 Å². The van der Waals surface area contributed by atoms with Crippen molar-refractivity contribution < 1.29 is 4.39 Å². The van der Waals surface area contributed by atoms with Crippen LogP contribution in [0.2, 0.25) is 0 Å². The maximum absolute atomic E-state index is 13.3. The van der Waals surface area contributed by atoms with Crippen LogP contribution in [0.25, 0.3) is 21.6 Å². The minimum absolute atomic E-state index is 0.194. The van der Waals surface area contributed by atoms with Crippen LogP contribution in [0.4, 0.5) is 10.2 Å². The standard InChI is InChI=1S/C13H11FN4S/c1-7-17-10-5-8(3-4-11(10)19-7)12-16-6-9(14)13(15-2)18-12/h3-6H,1-2H3,(H,15,16,18). The number of fused-ring (bicyclic) bond motifs is 1. The van der Waals surface area contributed by atoms with Crippen LogP contribution in [0.3, 0.4) is 0 Å². The lowest BCUT2D eigenvalue weighted by molar-refractivity contribution is 0.619. The SMILES string of the molecule is CNc1nc(-c2ccc3sc(C)nc3c2)ncc1F. The first-order valence-corrected chi connectivity index (χ1v) is 6.57. The zero-order valence-corrected chi connectivity index (χ0v) is 11.3. The number of nitrogens with zero attached hydrogens (tertiary/aromatic N) is 3. The second-order valence-corrected chi connectivity index (χ2v) is 5.29. The number of hydrogen-bond donors (Lipinski definition) is 1. The topological polar surface area (TPSA) is 50.7 Å². The van der Waals surface area contributed by atoms with E-state index in [1.54, 1.807) is 18.4 Å². The van der Waals surface area contributed by atoms with Crippen LogP contribution in [0.1, 0.15) is 5.01 Å². The Morgan fingerprint density at radius 3 is 2.89 bits per heavy atom. The first kappa shape index (κ1) is 12.0. The van der Waals surface area contributed by atoms with Gasteiger partial charge in [-0.3, -0.25) is 0 Å². The summed E-state index contributed by atoms with van der Waals surface area (Å²) < 4.78 is 14.5. The van der Waals surface area contributed by atoms with Gasteiger partial charge in [0, 0.05) is 12.6 Å². The average molecular weight is 274 g/mol. The quantitative estimate of drug-likeness (QED) is 0.779. The highest BCUT2D eigenvalue weighted by atomic mass is 32.1. The number of anilines is 1. The third-order valence-corrected chi connectivity index (χ3v) is 3.69. The summed E-state index contributed by atoms with van der Waals surface area (Å²) in [6.45, 7) is 1.97. The molecular formula is C13H11FN4S. The Balaban J connectivity index is 2.12. The molecule has 1 aromatic carbocycles. The second-order valence-electron chi connectivity index (χ2n) is 4.06. The first-order valence-electron chi connectivity index (χ1n) is 5.75. The van der Waals surface area contributed by atoms with Gasteiger partial charge < -0.3 is 5.32 Å². The Morgan fingerprint density at radius 1 is 1.26 bits per heavy atom. The molecule has 0 radical (unpaired) electrons. The fourth-order valence-electron chi connectivity index (χ4n) is 1.86. The molecule has 0 aliphatic heterocycles.